The third-order valence-electron chi connectivity index (χ3n) is 4.45. The molecule has 136 valence electrons. The Kier molecular flexibility index (Phi) is 4.51. The maximum Gasteiger partial charge on any atom is 0.130 e. The molecule has 1 fully saturated rings. The lowest BCUT2D eigenvalue weighted by Gasteiger charge is -2.32. The fraction of sp³-hybridized carbons (Fsp3) is 0.400. The van der Waals surface area contributed by atoms with E-state index in [1.165, 1.54) is 0 Å². The summed E-state index contributed by atoms with van der Waals surface area (Å²) < 4.78 is 13.4. The van der Waals surface area contributed by atoms with Gasteiger partial charge in [-0.1, -0.05) is 0 Å². The predicted molar refractivity (Wildman–Crippen MR) is 102 cm³/mol. The third-order valence-corrected chi connectivity index (χ3v) is 4.45. The van der Waals surface area contributed by atoms with Gasteiger partial charge in [0.15, 0.2) is 0 Å². The Morgan fingerprint density at radius 3 is 2.92 bits per heavy atom. The largest absolute Gasteiger partial charge is 0.491 e. The van der Waals surface area contributed by atoms with E-state index >= 15 is 0 Å². The molecule has 26 heavy (non-hydrogen) atoms. The molecule has 0 saturated carbocycles. The number of hydrogen-bond donors (Lipinski definition) is 0. The fourth-order valence-electron chi connectivity index (χ4n) is 3.29. The van der Waals surface area contributed by atoms with Gasteiger partial charge in [0, 0.05) is 36.8 Å². The van der Waals surface area contributed by atoms with Gasteiger partial charge in [-0.05, 0) is 39.0 Å². The second kappa shape index (κ2) is 6.96. The van der Waals surface area contributed by atoms with Crippen molar-refractivity contribution in [3.63, 3.8) is 0 Å². The Labute approximate surface area is 153 Å². The molecule has 0 amide bonds. The van der Waals surface area contributed by atoms with Crippen LogP contribution >= 0.6 is 0 Å². The number of rotatable bonds is 4. The zero-order chi connectivity index (χ0) is 18.1. The third kappa shape index (κ3) is 3.37. The normalized spacial score (nSPS) is 17.8. The first-order valence-corrected chi connectivity index (χ1v) is 9.07. The monoisotopic (exact) mass is 352 g/mol. The van der Waals surface area contributed by atoms with Gasteiger partial charge in [-0.3, -0.25) is 0 Å². The maximum atomic E-state index is 5.84. The van der Waals surface area contributed by atoms with E-state index in [9.17, 15) is 0 Å². The molecule has 1 aliphatic heterocycles. The number of pyridine rings is 1. The van der Waals surface area contributed by atoms with E-state index in [0.29, 0.717) is 0 Å². The molecule has 4 rings (SSSR count). The van der Waals surface area contributed by atoms with E-state index in [1.54, 1.807) is 0 Å². The quantitative estimate of drug-likeness (QED) is 0.720. The molecular formula is C20H24N4O2. The number of morpholine rings is 1. The molecule has 0 unspecified atom stereocenters. The summed E-state index contributed by atoms with van der Waals surface area (Å²) in [7, 11) is 0. The van der Waals surface area contributed by atoms with Crippen LogP contribution < -0.4 is 9.64 Å². The van der Waals surface area contributed by atoms with E-state index in [1.807, 2.05) is 55.2 Å². The van der Waals surface area contributed by atoms with E-state index in [4.69, 9.17) is 9.47 Å². The van der Waals surface area contributed by atoms with Crippen LogP contribution in [0.15, 0.2) is 42.7 Å². The van der Waals surface area contributed by atoms with Crippen molar-refractivity contribution in [2.75, 3.05) is 24.6 Å². The van der Waals surface area contributed by atoms with Crippen LogP contribution in [0.25, 0.3) is 16.6 Å². The maximum absolute atomic E-state index is 5.84. The number of benzene rings is 1. The van der Waals surface area contributed by atoms with Crippen molar-refractivity contribution in [2.24, 2.45) is 0 Å². The smallest absolute Gasteiger partial charge is 0.130 e. The van der Waals surface area contributed by atoms with E-state index in [0.717, 1.165) is 47.9 Å². The van der Waals surface area contributed by atoms with Gasteiger partial charge >= 0.3 is 0 Å². The summed E-state index contributed by atoms with van der Waals surface area (Å²) in [5, 5.41) is 5.66. The first-order chi connectivity index (χ1) is 12.6. The fourth-order valence-corrected chi connectivity index (χ4v) is 3.29. The molecule has 6 heteroatoms. The molecule has 1 saturated heterocycles. The molecule has 6 nitrogen and oxygen atoms in total. The Morgan fingerprint density at radius 2 is 2.12 bits per heavy atom. The lowest BCUT2D eigenvalue weighted by Crippen LogP contribution is -2.41. The SMILES string of the molecule is CC(C)Oc1ccc2cnn(-c3ccnc(N4CCO[C@@H](C)C4)c3)c2c1. The van der Waals surface area contributed by atoms with Crippen molar-refractivity contribution in [3.8, 4) is 11.4 Å². The van der Waals surface area contributed by atoms with Crippen LogP contribution in [-0.2, 0) is 4.74 Å². The molecule has 0 N–H and O–H groups in total. The van der Waals surface area contributed by atoms with Crippen molar-refractivity contribution in [2.45, 2.75) is 33.0 Å². The molecule has 0 radical (unpaired) electrons. The molecule has 0 aliphatic carbocycles. The molecule has 1 aromatic carbocycles. The van der Waals surface area contributed by atoms with Gasteiger partial charge in [-0.15, -0.1) is 0 Å². The van der Waals surface area contributed by atoms with Crippen molar-refractivity contribution in [1.29, 1.82) is 0 Å². The molecular weight excluding hydrogens is 328 g/mol. The Balaban J connectivity index is 1.70. The van der Waals surface area contributed by atoms with Crippen molar-refractivity contribution in [3.05, 3.63) is 42.7 Å². The van der Waals surface area contributed by atoms with Gasteiger partial charge in [-0.2, -0.15) is 5.10 Å². The van der Waals surface area contributed by atoms with Crippen LogP contribution in [0.1, 0.15) is 20.8 Å². The van der Waals surface area contributed by atoms with E-state index < -0.39 is 0 Å². The number of fused-ring (bicyclic) bond motifs is 1. The minimum Gasteiger partial charge on any atom is -0.491 e. The zero-order valence-electron chi connectivity index (χ0n) is 15.4. The van der Waals surface area contributed by atoms with Crippen LogP contribution in [0, 0.1) is 0 Å². The van der Waals surface area contributed by atoms with Gasteiger partial charge in [0.05, 0.1) is 36.2 Å². The molecule has 1 atom stereocenters. The second-order valence-corrected chi connectivity index (χ2v) is 6.94. The average Bonchev–Trinajstić information content (AvgIpc) is 3.04. The topological polar surface area (TPSA) is 52.4 Å². The molecule has 0 bridgehead atoms. The number of anilines is 1. The summed E-state index contributed by atoms with van der Waals surface area (Å²) in [6, 6.07) is 10.1. The average molecular weight is 352 g/mol. The van der Waals surface area contributed by atoms with E-state index in [-0.39, 0.29) is 12.2 Å². The summed E-state index contributed by atoms with van der Waals surface area (Å²) in [5.74, 6) is 1.81. The van der Waals surface area contributed by atoms with Crippen LogP contribution in [0.5, 0.6) is 5.75 Å². The Morgan fingerprint density at radius 1 is 1.23 bits per heavy atom. The zero-order valence-corrected chi connectivity index (χ0v) is 15.4. The molecule has 1 aliphatic rings. The number of nitrogens with zero attached hydrogens (tertiary/aromatic N) is 4. The predicted octanol–water partition coefficient (Wildman–Crippen LogP) is 3.43. The highest BCUT2D eigenvalue weighted by atomic mass is 16.5. The summed E-state index contributed by atoms with van der Waals surface area (Å²) >= 11 is 0. The minimum absolute atomic E-state index is 0.139. The minimum atomic E-state index is 0.139. The van der Waals surface area contributed by atoms with Gasteiger partial charge in [0.2, 0.25) is 0 Å². The highest BCUT2D eigenvalue weighted by Crippen LogP contribution is 2.25. The second-order valence-electron chi connectivity index (χ2n) is 6.94. The highest BCUT2D eigenvalue weighted by Gasteiger charge is 2.18. The Bertz CT molecular complexity index is 906. The number of aromatic nitrogens is 3. The van der Waals surface area contributed by atoms with E-state index in [2.05, 4.69) is 28.0 Å². The summed E-state index contributed by atoms with van der Waals surface area (Å²) in [5.41, 5.74) is 2.02. The summed E-state index contributed by atoms with van der Waals surface area (Å²) in [4.78, 5) is 6.81. The number of ether oxygens (including phenoxy) is 2. The lowest BCUT2D eigenvalue weighted by molar-refractivity contribution is 0.0529. The lowest BCUT2D eigenvalue weighted by atomic mass is 10.2. The van der Waals surface area contributed by atoms with Gasteiger partial charge in [0.1, 0.15) is 11.6 Å². The van der Waals surface area contributed by atoms with Crippen LogP contribution in [0.2, 0.25) is 0 Å². The summed E-state index contributed by atoms with van der Waals surface area (Å²) in [6.45, 7) is 8.58. The number of hydrogen-bond acceptors (Lipinski definition) is 5. The molecule has 0 spiro atoms. The van der Waals surface area contributed by atoms with Gasteiger partial charge < -0.3 is 14.4 Å². The first-order valence-electron chi connectivity index (χ1n) is 9.07. The molecule has 2 aromatic heterocycles. The van der Waals surface area contributed by atoms with Crippen molar-refractivity contribution < 1.29 is 9.47 Å². The molecule has 3 aromatic rings. The van der Waals surface area contributed by atoms with Gasteiger partial charge in [0.25, 0.3) is 0 Å². The van der Waals surface area contributed by atoms with Crippen LogP contribution in [-0.4, -0.2) is 46.7 Å². The molecule has 3 heterocycles. The highest BCUT2D eigenvalue weighted by molar-refractivity contribution is 5.81. The van der Waals surface area contributed by atoms with Crippen LogP contribution in [0.4, 0.5) is 5.82 Å². The van der Waals surface area contributed by atoms with Crippen molar-refractivity contribution >= 4 is 16.7 Å². The van der Waals surface area contributed by atoms with Crippen LogP contribution in [0.3, 0.4) is 0 Å². The Hall–Kier alpha value is -2.60. The van der Waals surface area contributed by atoms with Crippen molar-refractivity contribution in [1.82, 2.24) is 14.8 Å². The summed E-state index contributed by atoms with van der Waals surface area (Å²) in [6.07, 6.45) is 4.08. The standard InChI is InChI=1S/C20H24N4O2/c1-14(2)26-18-5-4-16-12-22-24(19(16)11-18)17-6-7-21-20(10-17)23-8-9-25-15(3)13-23/h4-7,10-12,14-15H,8-9,13H2,1-3H3/t15-/m0/s1. The first kappa shape index (κ1) is 16.8. The van der Waals surface area contributed by atoms with Gasteiger partial charge in [-0.25, -0.2) is 9.67 Å².